The molecule has 0 bridgehead atoms. The standard InChI is InChI=1S/C21H26N2O4/c1-14(2)10-11-19(24)22-13-20(25)23-18(12-21(26)27)17-9-5-7-15-6-3-4-8-16(15)17/h3-9,14,18H,10-13H2,1-2H3,(H,22,24)(H,23,25)(H,26,27)/t18-/m1/s1. The Balaban J connectivity index is 2.07. The molecule has 2 aromatic carbocycles. The summed E-state index contributed by atoms with van der Waals surface area (Å²) >= 11 is 0. The largest absolute Gasteiger partial charge is 0.481 e. The van der Waals surface area contributed by atoms with Gasteiger partial charge in [0.05, 0.1) is 19.0 Å². The van der Waals surface area contributed by atoms with Crippen LogP contribution in [0.4, 0.5) is 0 Å². The molecule has 6 heteroatoms. The van der Waals surface area contributed by atoms with Crippen molar-refractivity contribution in [1.82, 2.24) is 10.6 Å². The third-order valence-electron chi connectivity index (χ3n) is 4.31. The molecule has 0 aromatic heterocycles. The first-order valence-electron chi connectivity index (χ1n) is 9.12. The lowest BCUT2D eigenvalue weighted by Gasteiger charge is -2.19. The van der Waals surface area contributed by atoms with Gasteiger partial charge in [-0.1, -0.05) is 56.3 Å². The van der Waals surface area contributed by atoms with Crippen molar-refractivity contribution in [2.24, 2.45) is 5.92 Å². The molecule has 27 heavy (non-hydrogen) atoms. The van der Waals surface area contributed by atoms with E-state index in [1.807, 2.05) is 56.3 Å². The highest BCUT2D eigenvalue weighted by molar-refractivity contribution is 5.89. The molecule has 2 amide bonds. The maximum atomic E-state index is 12.3. The second-order valence-corrected chi connectivity index (χ2v) is 7.00. The number of rotatable bonds is 9. The van der Waals surface area contributed by atoms with Crippen molar-refractivity contribution < 1.29 is 19.5 Å². The summed E-state index contributed by atoms with van der Waals surface area (Å²) in [5.74, 6) is -1.18. The van der Waals surface area contributed by atoms with Crippen LogP contribution in [-0.2, 0) is 14.4 Å². The van der Waals surface area contributed by atoms with Crippen molar-refractivity contribution in [2.45, 2.75) is 39.2 Å². The molecular weight excluding hydrogens is 344 g/mol. The fourth-order valence-electron chi connectivity index (χ4n) is 2.90. The van der Waals surface area contributed by atoms with Crippen LogP contribution in [0.1, 0.15) is 44.7 Å². The number of nitrogens with one attached hydrogen (secondary N) is 2. The quantitative estimate of drug-likeness (QED) is 0.632. The number of aliphatic carboxylic acids is 1. The molecule has 2 rings (SSSR count). The maximum absolute atomic E-state index is 12.3. The second kappa shape index (κ2) is 9.71. The van der Waals surface area contributed by atoms with E-state index in [1.54, 1.807) is 0 Å². The van der Waals surface area contributed by atoms with Crippen molar-refractivity contribution in [3.8, 4) is 0 Å². The Morgan fingerprint density at radius 1 is 1.00 bits per heavy atom. The van der Waals surface area contributed by atoms with Gasteiger partial charge < -0.3 is 15.7 Å². The summed E-state index contributed by atoms with van der Waals surface area (Å²) in [7, 11) is 0. The van der Waals surface area contributed by atoms with E-state index in [4.69, 9.17) is 0 Å². The van der Waals surface area contributed by atoms with Gasteiger partial charge in [0.2, 0.25) is 11.8 Å². The average Bonchev–Trinajstić information content (AvgIpc) is 2.63. The van der Waals surface area contributed by atoms with Crippen molar-refractivity contribution in [2.75, 3.05) is 6.54 Å². The van der Waals surface area contributed by atoms with Gasteiger partial charge >= 0.3 is 5.97 Å². The van der Waals surface area contributed by atoms with E-state index in [9.17, 15) is 19.5 Å². The van der Waals surface area contributed by atoms with Crippen LogP contribution in [0.25, 0.3) is 10.8 Å². The third kappa shape index (κ3) is 6.40. The molecule has 0 saturated carbocycles. The highest BCUT2D eigenvalue weighted by Crippen LogP contribution is 2.26. The minimum Gasteiger partial charge on any atom is -0.481 e. The fraction of sp³-hybridized carbons (Fsp3) is 0.381. The lowest BCUT2D eigenvalue weighted by molar-refractivity contribution is -0.138. The average molecular weight is 370 g/mol. The van der Waals surface area contributed by atoms with E-state index in [1.165, 1.54) is 0 Å². The first kappa shape index (κ1) is 20.4. The van der Waals surface area contributed by atoms with Crippen LogP contribution in [0.5, 0.6) is 0 Å². The predicted molar refractivity (Wildman–Crippen MR) is 104 cm³/mol. The molecular formula is C21H26N2O4. The first-order chi connectivity index (χ1) is 12.9. The molecule has 0 spiro atoms. The zero-order chi connectivity index (χ0) is 19.8. The topological polar surface area (TPSA) is 95.5 Å². The summed E-state index contributed by atoms with van der Waals surface area (Å²) in [5.41, 5.74) is 0.745. The molecule has 2 aromatic rings. The van der Waals surface area contributed by atoms with Crippen molar-refractivity contribution in [3.63, 3.8) is 0 Å². The van der Waals surface area contributed by atoms with Gasteiger partial charge in [-0.2, -0.15) is 0 Å². The van der Waals surface area contributed by atoms with Gasteiger partial charge in [-0.05, 0) is 28.7 Å². The Kier molecular flexibility index (Phi) is 7.34. The number of benzene rings is 2. The monoisotopic (exact) mass is 370 g/mol. The molecule has 0 fully saturated rings. The molecule has 6 nitrogen and oxygen atoms in total. The molecule has 0 aliphatic carbocycles. The number of hydrogen-bond acceptors (Lipinski definition) is 3. The number of carbonyl (C=O) groups is 3. The van der Waals surface area contributed by atoms with Crippen LogP contribution in [0, 0.1) is 5.92 Å². The molecule has 3 N–H and O–H groups in total. The minimum atomic E-state index is -1.01. The first-order valence-corrected chi connectivity index (χ1v) is 9.12. The predicted octanol–water partition coefficient (Wildman–Crippen LogP) is 3.02. The molecule has 0 saturated heterocycles. The van der Waals surface area contributed by atoms with E-state index < -0.39 is 17.9 Å². The van der Waals surface area contributed by atoms with Crippen LogP contribution in [0.15, 0.2) is 42.5 Å². The highest BCUT2D eigenvalue weighted by Gasteiger charge is 2.20. The summed E-state index contributed by atoms with van der Waals surface area (Å²) in [6, 6.07) is 12.5. The summed E-state index contributed by atoms with van der Waals surface area (Å²) in [5, 5.41) is 16.4. The van der Waals surface area contributed by atoms with E-state index in [2.05, 4.69) is 10.6 Å². The number of hydrogen-bond donors (Lipinski definition) is 3. The fourth-order valence-corrected chi connectivity index (χ4v) is 2.90. The Morgan fingerprint density at radius 3 is 2.41 bits per heavy atom. The van der Waals surface area contributed by atoms with Crippen LogP contribution >= 0.6 is 0 Å². The third-order valence-corrected chi connectivity index (χ3v) is 4.31. The van der Waals surface area contributed by atoms with Crippen LogP contribution in [-0.4, -0.2) is 29.4 Å². The number of carbonyl (C=O) groups excluding carboxylic acids is 2. The molecule has 0 aliphatic heterocycles. The van der Waals surface area contributed by atoms with Crippen LogP contribution in [0.2, 0.25) is 0 Å². The van der Waals surface area contributed by atoms with Gasteiger partial charge in [-0.3, -0.25) is 14.4 Å². The zero-order valence-electron chi connectivity index (χ0n) is 15.7. The molecule has 0 unspecified atom stereocenters. The zero-order valence-corrected chi connectivity index (χ0v) is 15.7. The van der Waals surface area contributed by atoms with Gasteiger partial charge in [0.25, 0.3) is 0 Å². The second-order valence-electron chi connectivity index (χ2n) is 7.00. The number of carboxylic acids is 1. The Morgan fingerprint density at radius 2 is 1.70 bits per heavy atom. The lowest BCUT2D eigenvalue weighted by Crippen LogP contribution is -2.39. The van der Waals surface area contributed by atoms with E-state index in [0.717, 1.165) is 22.8 Å². The lowest BCUT2D eigenvalue weighted by atomic mass is 9.96. The van der Waals surface area contributed by atoms with Crippen molar-refractivity contribution in [1.29, 1.82) is 0 Å². The summed E-state index contributed by atoms with van der Waals surface area (Å²) in [6.45, 7) is 3.89. The molecule has 0 radical (unpaired) electrons. The van der Waals surface area contributed by atoms with E-state index in [-0.39, 0.29) is 18.9 Å². The SMILES string of the molecule is CC(C)CCC(=O)NCC(=O)N[C@H](CC(=O)O)c1cccc2ccccc12. The number of amides is 2. The number of fused-ring (bicyclic) bond motifs is 1. The van der Waals surface area contributed by atoms with E-state index in [0.29, 0.717) is 12.3 Å². The summed E-state index contributed by atoms with van der Waals surface area (Å²) < 4.78 is 0. The van der Waals surface area contributed by atoms with Gasteiger partial charge in [0.15, 0.2) is 0 Å². The highest BCUT2D eigenvalue weighted by atomic mass is 16.4. The summed E-state index contributed by atoms with van der Waals surface area (Å²) in [6.07, 6.45) is 0.888. The van der Waals surface area contributed by atoms with E-state index >= 15 is 0 Å². The maximum Gasteiger partial charge on any atom is 0.305 e. The van der Waals surface area contributed by atoms with Gasteiger partial charge in [0, 0.05) is 6.42 Å². The van der Waals surface area contributed by atoms with Gasteiger partial charge in [-0.25, -0.2) is 0 Å². The Hall–Kier alpha value is -2.89. The Bertz CT molecular complexity index is 811. The molecule has 0 aliphatic rings. The van der Waals surface area contributed by atoms with Gasteiger partial charge in [0.1, 0.15) is 0 Å². The van der Waals surface area contributed by atoms with Crippen LogP contribution in [0.3, 0.4) is 0 Å². The van der Waals surface area contributed by atoms with Crippen LogP contribution < -0.4 is 10.6 Å². The molecule has 0 heterocycles. The van der Waals surface area contributed by atoms with Crippen molar-refractivity contribution >= 4 is 28.6 Å². The molecule has 144 valence electrons. The van der Waals surface area contributed by atoms with Crippen molar-refractivity contribution in [3.05, 3.63) is 48.0 Å². The minimum absolute atomic E-state index is 0.169. The normalized spacial score (nSPS) is 12.0. The summed E-state index contributed by atoms with van der Waals surface area (Å²) in [4.78, 5) is 35.3. The number of carboxylic acid groups (broad SMARTS) is 1. The van der Waals surface area contributed by atoms with Gasteiger partial charge in [-0.15, -0.1) is 0 Å². The smallest absolute Gasteiger partial charge is 0.305 e. The molecule has 1 atom stereocenters. The Labute approximate surface area is 159 Å².